The van der Waals surface area contributed by atoms with Crippen molar-refractivity contribution in [2.75, 3.05) is 4.90 Å². The van der Waals surface area contributed by atoms with Crippen LogP contribution < -0.4 is 4.90 Å². The first-order valence-electron chi connectivity index (χ1n) is 21.7. The molecule has 0 N–H and O–H groups in total. The number of para-hydroxylation sites is 2. The van der Waals surface area contributed by atoms with E-state index in [0.717, 1.165) is 11.4 Å². The molecule has 61 heavy (non-hydrogen) atoms. The van der Waals surface area contributed by atoms with Crippen LogP contribution in [-0.2, 0) is 10.8 Å². The standard InChI is InChI=1S/C58H45N3/c1-57(2,3)37-28-45-42-25-34-17-13-14-18-35(34)27-49(42)60-50-33-48-51(32-43(50)46(29-37)54(45)60)61-55-47(44-26-36-19-15-16-24-41(36)53(48)56(44)61)30-38(58(4,5)6)31-52(55)59(39-20-9-7-10-21-39)40-22-11-8-12-23-40/h7-33H,1-6H3. The summed E-state index contributed by atoms with van der Waals surface area (Å²) in [7, 11) is 0. The predicted octanol–water partition coefficient (Wildman–Crippen LogP) is 16.4. The van der Waals surface area contributed by atoms with Gasteiger partial charge in [-0.2, -0.15) is 0 Å². The summed E-state index contributed by atoms with van der Waals surface area (Å²) in [6.45, 7) is 14.1. The van der Waals surface area contributed by atoms with Crippen molar-refractivity contribution in [3.63, 3.8) is 0 Å². The monoisotopic (exact) mass is 783 g/mol. The van der Waals surface area contributed by atoms with Gasteiger partial charge in [-0.15, -0.1) is 0 Å². The molecule has 0 atom stereocenters. The van der Waals surface area contributed by atoms with Crippen LogP contribution in [-0.4, -0.2) is 8.80 Å². The third kappa shape index (κ3) is 4.69. The van der Waals surface area contributed by atoms with Crippen molar-refractivity contribution in [2.24, 2.45) is 0 Å². The SMILES string of the molecule is CC(C)(C)c1cc(N(c2ccccc2)c2ccccc2)c2c(c1)c1cc3ccccc3c3c4cc5c(cc4n2c13)c1cc(C(C)(C)C)cc2c3cc4ccccc4cc3n5c21. The molecule has 0 saturated carbocycles. The first-order chi connectivity index (χ1) is 29.5. The van der Waals surface area contributed by atoms with Crippen molar-refractivity contribution >= 4 is 115 Å². The van der Waals surface area contributed by atoms with Crippen LogP contribution >= 0.6 is 0 Å². The Kier molecular flexibility index (Phi) is 6.72. The third-order valence-corrected chi connectivity index (χ3v) is 13.7. The Labute approximate surface area is 354 Å². The van der Waals surface area contributed by atoms with E-state index in [-0.39, 0.29) is 10.8 Å². The normalized spacial score (nSPS) is 13.1. The van der Waals surface area contributed by atoms with Gasteiger partial charge < -0.3 is 13.7 Å². The number of nitrogens with zero attached hydrogens (tertiary/aromatic N) is 3. The van der Waals surface area contributed by atoms with Gasteiger partial charge >= 0.3 is 0 Å². The van der Waals surface area contributed by atoms with Crippen LogP contribution in [0.5, 0.6) is 0 Å². The first-order valence-corrected chi connectivity index (χ1v) is 21.7. The number of hydrogen-bond donors (Lipinski definition) is 0. The van der Waals surface area contributed by atoms with Gasteiger partial charge in [0, 0.05) is 54.5 Å². The van der Waals surface area contributed by atoms with Gasteiger partial charge in [0.25, 0.3) is 0 Å². The van der Waals surface area contributed by atoms with E-state index in [2.05, 4.69) is 219 Å². The fourth-order valence-electron chi connectivity index (χ4n) is 10.7. The lowest BCUT2D eigenvalue weighted by molar-refractivity contribution is 0.591. The summed E-state index contributed by atoms with van der Waals surface area (Å²) in [5, 5.41) is 15.5. The predicted molar refractivity (Wildman–Crippen MR) is 263 cm³/mol. The van der Waals surface area contributed by atoms with Crippen LogP contribution in [0.25, 0.3) is 97.7 Å². The Morgan fingerprint density at radius 1 is 0.344 bits per heavy atom. The van der Waals surface area contributed by atoms with Gasteiger partial charge in [0.15, 0.2) is 0 Å². The van der Waals surface area contributed by atoms with Crippen molar-refractivity contribution in [3.8, 4) is 0 Å². The maximum Gasteiger partial charge on any atom is 0.0783 e. The van der Waals surface area contributed by atoms with Crippen LogP contribution in [0.4, 0.5) is 17.1 Å². The lowest BCUT2D eigenvalue weighted by atomic mass is 9.85. The van der Waals surface area contributed by atoms with E-state index in [1.165, 1.54) is 115 Å². The van der Waals surface area contributed by atoms with Gasteiger partial charge in [0.1, 0.15) is 0 Å². The number of rotatable bonds is 3. The molecule has 0 unspecified atom stereocenters. The zero-order valence-electron chi connectivity index (χ0n) is 35.4. The average molecular weight is 784 g/mol. The second-order valence-corrected chi connectivity index (χ2v) is 19.5. The van der Waals surface area contributed by atoms with Gasteiger partial charge in [-0.3, -0.25) is 0 Å². The number of hydrogen-bond acceptors (Lipinski definition) is 1. The fraction of sp³-hybridized carbons (Fsp3) is 0.138. The van der Waals surface area contributed by atoms with Gasteiger partial charge in [0.2, 0.25) is 0 Å². The molecular weight excluding hydrogens is 739 g/mol. The second kappa shape index (κ2) is 11.8. The Morgan fingerprint density at radius 2 is 0.803 bits per heavy atom. The molecule has 0 aliphatic rings. The zero-order valence-corrected chi connectivity index (χ0v) is 35.4. The maximum atomic E-state index is 2.63. The summed E-state index contributed by atoms with van der Waals surface area (Å²) in [6, 6.07) is 61.9. The van der Waals surface area contributed by atoms with E-state index in [1.807, 2.05) is 0 Å². The summed E-state index contributed by atoms with van der Waals surface area (Å²) in [6.07, 6.45) is 0. The molecule has 4 aromatic heterocycles. The average Bonchev–Trinajstić information content (AvgIpc) is 3.97. The third-order valence-electron chi connectivity index (χ3n) is 13.7. The Bertz CT molecular complexity index is 3890. The smallest absolute Gasteiger partial charge is 0.0783 e. The first kappa shape index (κ1) is 34.7. The van der Waals surface area contributed by atoms with Crippen molar-refractivity contribution in [3.05, 3.63) is 175 Å². The van der Waals surface area contributed by atoms with E-state index in [0.29, 0.717) is 0 Å². The summed E-state index contributed by atoms with van der Waals surface area (Å²) in [5.41, 5.74) is 13.6. The van der Waals surface area contributed by atoms with Crippen molar-refractivity contribution in [2.45, 2.75) is 52.4 Å². The highest BCUT2D eigenvalue weighted by Crippen LogP contribution is 2.51. The molecule has 3 nitrogen and oxygen atoms in total. The Morgan fingerprint density at radius 3 is 1.44 bits per heavy atom. The molecule has 9 aromatic carbocycles. The molecule has 13 rings (SSSR count). The van der Waals surface area contributed by atoms with Crippen molar-refractivity contribution in [1.82, 2.24) is 8.80 Å². The molecule has 0 amide bonds. The second-order valence-electron chi connectivity index (χ2n) is 19.5. The largest absolute Gasteiger partial charge is 0.308 e. The minimum atomic E-state index is -0.0794. The van der Waals surface area contributed by atoms with Crippen LogP contribution in [0.1, 0.15) is 52.7 Å². The van der Waals surface area contributed by atoms with Gasteiger partial charge in [-0.25, -0.2) is 0 Å². The topological polar surface area (TPSA) is 12.1 Å². The van der Waals surface area contributed by atoms with Crippen molar-refractivity contribution in [1.29, 1.82) is 0 Å². The molecule has 3 heteroatoms. The molecule has 0 radical (unpaired) electrons. The summed E-state index contributed by atoms with van der Waals surface area (Å²) >= 11 is 0. The van der Waals surface area contributed by atoms with E-state index < -0.39 is 0 Å². The van der Waals surface area contributed by atoms with Gasteiger partial charge in [-0.1, -0.05) is 126 Å². The number of aromatic nitrogens is 2. The number of fused-ring (bicyclic) bond motifs is 15. The molecule has 292 valence electrons. The zero-order chi connectivity index (χ0) is 41.1. The lowest BCUT2D eigenvalue weighted by Gasteiger charge is -2.29. The van der Waals surface area contributed by atoms with E-state index in [1.54, 1.807) is 0 Å². The summed E-state index contributed by atoms with van der Waals surface area (Å²) in [4.78, 5) is 2.48. The van der Waals surface area contributed by atoms with Crippen LogP contribution in [0.2, 0.25) is 0 Å². The van der Waals surface area contributed by atoms with Gasteiger partial charge in [-0.05, 0) is 122 Å². The highest BCUT2D eigenvalue weighted by molar-refractivity contribution is 6.35. The molecule has 0 aliphatic carbocycles. The Hall–Kier alpha value is -7.10. The van der Waals surface area contributed by atoms with E-state index >= 15 is 0 Å². The summed E-state index contributed by atoms with van der Waals surface area (Å²) in [5.74, 6) is 0. The van der Waals surface area contributed by atoms with Crippen LogP contribution in [0.3, 0.4) is 0 Å². The molecule has 13 aromatic rings. The van der Waals surface area contributed by atoms with Gasteiger partial charge in [0.05, 0.1) is 38.8 Å². The minimum Gasteiger partial charge on any atom is -0.308 e. The number of anilines is 3. The minimum absolute atomic E-state index is 0.0224. The molecule has 0 aliphatic heterocycles. The molecule has 4 heterocycles. The lowest BCUT2D eigenvalue weighted by Crippen LogP contribution is -2.15. The quantitative estimate of drug-likeness (QED) is 0.174. The maximum absolute atomic E-state index is 2.63. The van der Waals surface area contributed by atoms with Crippen LogP contribution in [0.15, 0.2) is 164 Å². The Balaban J connectivity index is 1.28. The molecule has 0 fully saturated rings. The highest BCUT2D eigenvalue weighted by Gasteiger charge is 2.29. The molecular formula is C58H45N3. The summed E-state index contributed by atoms with van der Waals surface area (Å²) < 4.78 is 5.21. The molecule has 0 saturated heterocycles. The fourth-order valence-corrected chi connectivity index (χ4v) is 10.7. The number of benzene rings is 9. The van der Waals surface area contributed by atoms with E-state index in [4.69, 9.17) is 0 Å². The highest BCUT2D eigenvalue weighted by atomic mass is 15.2. The van der Waals surface area contributed by atoms with Crippen LogP contribution in [0, 0.1) is 0 Å². The van der Waals surface area contributed by atoms with E-state index in [9.17, 15) is 0 Å². The molecule has 0 bridgehead atoms. The van der Waals surface area contributed by atoms with Crippen molar-refractivity contribution < 1.29 is 0 Å². The molecule has 0 spiro atoms.